The molecule has 1 aromatic heterocycles. The fourth-order valence-electron chi connectivity index (χ4n) is 2.99. The first kappa shape index (κ1) is 17.4. The first-order valence-electron chi connectivity index (χ1n) is 8.35. The van der Waals surface area contributed by atoms with Crippen LogP contribution in [0.25, 0.3) is 0 Å². The molecule has 1 N–H and O–H groups in total. The Morgan fingerprint density at radius 3 is 3.00 bits per heavy atom. The maximum absolute atomic E-state index is 13.3. The lowest BCUT2D eigenvalue weighted by molar-refractivity contribution is -0.138. The molecule has 1 aromatic carbocycles. The van der Waals surface area contributed by atoms with E-state index < -0.39 is 0 Å². The summed E-state index contributed by atoms with van der Waals surface area (Å²) < 4.78 is 19.1. The fraction of sp³-hybridized carbons (Fsp3) is 0.368. The number of nitrogens with one attached hydrogen (secondary N) is 1. The minimum atomic E-state index is -0.325. The number of carbonyl (C=O) groups is 1. The Kier molecular flexibility index (Phi) is 5.28. The molecule has 1 aliphatic heterocycles. The van der Waals surface area contributed by atoms with Crippen molar-refractivity contribution >= 4 is 11.6 Å². The van der Waals surface area contributed by atoms with E-state index in [1.807, 2.05) is 26.1 Å². The third-order valence-electron chi connectivity index (χ3n) is 4.26. The zero-order valence-corrected chi connectivity index (χ0v) is 14.5. The molecule has 0 saturated carbocycles. The topological polar surface area (TPSA) is 54.5 Å². The molecule has 0 aliphatic carbocycles. The summed E-state index contributed by atoms with van der Waals surface area (Å²) in [5, 5.41) is 3.11. The summed E-state index contributed by atoms with van der Waals surface area (Å²) in [4.78, 5) is 18.9. The highest BCUT2D eigenvalue weighted by Crippen LogP contribution is 2.24. The van der Waals surface area contributed by atoms with Gasteiger partial charge in [-0.05, 0) is 36.8 Å². The molecule has 0 bridgehead atoms. The predicted molar refractivity (Wildman–Crippen MR) is 93.9 cm³/mol. The molecule has 5 nitrogen and oxygen atoms in total. The highest BCUT2D eigenvalue weighted by Gasteiger charge is 2.26. The number of morpholine rings is 1. The quantitative estimate of drug-likeness (QED) is 0.927. The van der Waals surface area contributed by atoms with Gasteiger partial charge in [-0.2, -0.15) is 0 Å². The highest BCUT2D eigenvalue weighted by molar-refractivity contribution is 5.79. The average Bonchev–Trinajstić information content (AvgIpc) is 2.61. The standard InChI is InChI=1S/C19H22FN3O2/c1-13-8-16(21-2)11-17(22-13)18-12-23(6-7-25-18)19(24)10-14-4-3-5-15(20)9-14/h3-5,8-9,11,18H,6-7,10,12H2,1-2H3,(H,21,22). The minimum Gasteiger partial charge on any atom is -0.388 e. The van der Waals surface area contributed by atoms with Crippen LogP contribution >= 0.6 is 0 Å². The third kappa shape index (κ3) is 4.33. The molecule has 132 valence electrons. The zero-order valence-electron chi connectivity index (χ0n) is 14.5. The van der Waals surface area contributed by atoms with Crippen molar-refractivity contribution in [1.82, 2.24) is 9.88 Å². The van der Waals surface area contributed by atoms with E-state index in [4.69, 9.17) is 4.74 Å². The van der Waals surface area contributed by atoms with Crippen LogP contribution in [0.5, 0.6) is 0 Å². The lowest BCUT2D eigenvalue weighted by Crippen LogP contribution is -2.43. The molecule has 1 unspecified atom stereocenters. The Morgan fingerprint density at radius 2 is 2.24 bits per heavy atom. The van der Waals surface area contributed by atoms with Crippen LogP contribution < -0.4 is 5.32 Å². The number of carbonyl (C=O) groups excluding carboxylic acids is 1. The first-order chi connectivity index (χ1) is 12.0. The summed E-state index contributed by atoms with van der Waals surface area (Å²) in [5.41, 5.74) is 3.36. The molecule has 3 rings (SSSR count). The number of hydrogen-bond acceptors (Lipinski definition) is 4. The van der Waals surface area contributed by atoms with Crippen molar-refractivity contribution in [2.75, 3.05) is 32.1 Å². The van der Waals surface area contributed by atoms with E-state index in [9.17, 15) is 9.18 Å². The second-order valence-corrected chi connectivity index (χ2v) is 6.18. The average molecular weight is 343 g/mol. The molecule has 2 heterocycles. The monoisotopic (exact) mass is 343 g/mol. The van der Waals surface area contributed by atoms with Gasteiger partial charge < -0.3 is 15.0 Å². The number of rotatable bonds is 4. The van der Waals surface area contributed by atoms with Crippen molar-refractivity contribution < 1.29 is 13.9 Å². The van der Waals surface area contributed by atoms with Gasteiger partial charge in [0.25, 0.3) is 0 Å². The smallest absolute Gasteiger partial charge is 0.227 e. The number of hydrogen-bond donors (Lipinski definition) is 1. The van der Waals surface area contributed by atoms with E-state index in [1.165, 1.54) is 12.1 Å². The van der Waals surface area contributed by atoms with Gasteiger partial charge in [-0.25, -0.2) is 4.39 Å². The number of anilines is 1. The minimum absolute atomic E-state index is 0.0274. The van der Waals surface area contributed by atoms with Gasteiger partial charge in [0.15, 0.2) is 0 Å². The van der Waals surface area contributed by atoms with E-state index in [1.54, 1.807) is 17.0 Å². The lowest BCUT2D eigenvalue weighted by atomic mass is 10.1. The Labute approximate surface area is 146 Å². The number of benzene rings is 1. The van der Waals surface area contributed by atoms with Crippen LogP contribution in [0.15, 0.2) is 36.4 Å². The SMILES string of the molecule is CNc1cc(C)nc(C2CN(C(=O)Cc3cccc(F)c3)CCO2)c1. The number of pyridine rings is 1. The Balaban J connectivity index is 1.70. The van der Waals surface area contributed by atoms with E-state index in [-0.39, 0.29) is 24.2 Å². The summed E-state index contributed by atoms with van der Waals surface area (Å²) in [6.45, 7) is 3.38. The number of amides is 1. The second kappa shape index (κ2) is 7.61. The molecule has 2 aromatic rings. The highest BCUT2D eigenvalue weighted by atomic mass is 19.1. The summed E-state index contributed by atoms with van der Waals surface area (Å²) in [7, 11) is 1.86. The lowest BCUT2D eigenvalue weighted by Gasteiger charge is -2.33. The van der Waals surface area contributed by atoms with Gasteiger partial charge in [0, 0.05) is 25.0 Å². The molecule has 1 amide bonds. The summed E-state index contributed by atoms with van der Waals surface area (Å²) in [5.74, 6) is -0.353. The zero-order chi connectivity index (χ0) is 17.8. The summed E-state index contributed by atoms with van der Waals surface area (Å²) >= 11 is 0. The fourth-order valence-corrected chi connectivity index (χ4v) is 2.99. The predicted octanol–water partition coefficient (Wildman–Crippen LogP) is 2.71. The van der Waals surface area contributed by atoms with Crippen molar-refractivity contribution in [3.8, 4) is 0 Å². The van der Waals surface area contributed by atoms with Gasteiger partial charge >= 0.3 is 0 Å². The van der Waals surface area contributed by atoms with Crippen molar-refractivity contribution in [2.45, 2.75) is 19.4 Å². The Morgan fingerprint density at radius 1 is 1.40 bits per heavy atom. The van der Waals surface area contributed by atoms with E-state index in [0.29, 0.717) is 25.3 Å². The van der Waals surface area contributed by atoms with E-state index >= 15 is 0 Å². The van der Waals surface area contributed by atoms with Gasteiger partial charge in [-0.1, -0.05) is 12.1 Å². The maximum Gasteiger partial charge on any atom is 0.227 e. The number of aryl methyl sites for hydroxylation is 1. The van der Waals surface area contributed by atoms with Gasteiger partial charge in [-0.3, -0.25) is 9.78 Å². The largest absolute Gasteiger partial charge is 0.388 e. The van der Waals surface area contributed by atoms with E-state index in [2.05, 4.69) is 10.3 Å². The van der Waals surface area contributed by atoms with Gasteiger partial charge in [0.05, 0.1) is 25.3 Å². The molecule has 6 heteroatoms. The molecule has 0 spiro atoms. The Bertz CT molecular complexity index is 766. The van der Waals surface area contributed by atoms with Crippen LogP contribution in [0.2, 0.25) is 0 Å². The number of halogens is 1. The van der Waals surface area contributed by atoms with Crippen LogP contribution in [0.1, 0.15) is 23.1 Å². The second-order valence-electron chi connectivity index (χ2n) is 6.18. The van der Waals surface area contributed by atoms with Crippen LogP contribution in [-0.2, 0) is 16.0 Å². The van der Waals surface area contributed by atoms with Gasteiger partial charge in [-0.15, -0.1) is 0 Å². The Hall–Kier alpha value is -2.47. The molecule has 1 fully saturated rings. The van der Waals surface area contributed by atoms with Crippen LogP contribution in [0.3, 0.4) is 0 Å². The number of aromatic nitrogens is 1. The van der Waals surface area contributed by atoms with Gasteiger partial charge in [0.1, 0.15) is 11.9 Å². The molecule has 1 atom stereocenters. The summed E-state index contributed by atoms with van der Waals surface area (Å²) in [6, 6.07) is 10.1. The summed E-state index contributed by atoms with van der Waals surface area (Å²) in [6.07, 6.45) is -0.0646. The maximum atomic E-state index is 13.3. The van der Waals surface area contributed by atoms with Gasteiger partial charge in [0.2, 0.25) is 5.91 Å². The molecule has 25 heavy (non-hydrogen) atoms. The van der Waals surface area contributed by atoms with Crippen molar-refractivity contribution in [2.24, 2.45) is 0 Å². The van der Waals surface area contributed by atoms with Crippen LogP contribution in [0.4, 0.5) is 10.1 Å². The molecule has 0 radical (unpaired) electrons. The molecular weight excluding hydrogens is 321 g/mol. The molecular formula is C19H22FN3O2. The van der Waals surface area contributed by atoms with Crippen molar-refractivity contribution in [1.29, 1.82) is 0 Å². The molecule has 1 aliphatic rings. The van der Waals surface area contributed by atoms with Crippen molar-refractivity contribution in [3.63, 3.8) is 0 Å². The first-order valence-corrected chi connectivity index (χ1v) is 8.35. The third-order valence-corrected chi connectivity index (χ3v) is 4.26. The van der Waals surface area contributed by atoms with Crippen LogP contribution in [-0.4, -0.2) is 42.5 Å². The van der Waals surface area contributed by atoms with E-state index in [0.717, 1.165) is 17.1 Å². The number of nitrogens with zero attached hydrogens (tertiary/aromatic N) is 2. The molecule has 1 saturated heterocycles. The van der Waals surface area contributed by atoms with Crippen molar-refractivity contribution in [3.05, 3.63) is 59.2 Å². The normalized spacial score (nSPS) is 17.4. The number of ether oxygens (including phenoxy) is 1. The van der Waals surface area contributed by atoms with Crippen LogP contribution in [0, 0.1) is 12.7 Å².